The van der Waals surface area contributed by atoms with Gasteiger partial charge in [0.05, 0.1) is 0 Å². The number of hydrogen-bond acceptors (Lipinski definition) is 2. The van der Waals surface area contributed by atoms with Crippen LogP contribution < -0.4 is 16.0 Å². The molecule has 0 saturated carbocycles. The molecule has 0 radical (unpaired) electrons. The van der Waals surface area contributed by atoms with Crippen molar-refractivity contribution in [3.63, 3.8) is 0 Å². The minimum atomic E-state index is 0. The van der Waals surface area contributed by atoms with Crippen molar-refractivity contribution in [1.29, 1.82) is 0 Å². The van der Waals surface area contributed by atoms with Gasteiger partial charge in [-0.05, 0) is 42.5 Å². The molecule has 6 heteroatoms. The van der Waals surface area contributed by atoms with Crippen LogP contribution in [0.1, 0.15) is 37.8 Å². The maximum absolute atomic E-state index is 12.1. The van der Waals surface area contributed by atoms with E-state index in [0.717, 1.165) is 43.0 Å². The van der Waals surface area contributed by atoms with Gasteiger partial charge in [-0.15, -0.1) is 24.0 Å². The maximum Gasteiger partial charge on any atom is 0.227 e. The van der Waals surface area contributed by atoms with E-state index in [-0.39, 0.29) is 35.8 Å². The van der Waals surface area contributed by atoms with Gasteiger partial charge in [0.15, 0.2) is 5.96 Å². The minimum Gasteiger partial charge on any atom is -0.356 e. The van der Waals surface area contributed by atoms with Crippen LogP contribution in [0.4, 0.5) is 5.69 Å². The lowest BCUT2D eigenvalue weighted by Gasteiger charge is -2.13. The standard InChI is InChI=1S/C23H32N4O.HI/c1-4-18(2)22(28)27-21-14-8-12-20(16-21)17-26-23(24-3)25-15-9-13-19-10-6-5-7-11-19;/h5-8,10-12,14,16,18H,4,9,13,15,17H2,1-3H3,(H,27,28)(H2,24,25,26);1H. The van der Waals surface area contributed by atoms with Gasteiger partial charge in [0.25, 0.3) is 0 Å². The SMILES string of the molecule is CCC(C)C(=O)Nc1cccc(CNC(=NC)NCCCc2ccccc2)c1.I. The van der Waals surface area contributed by atoms with Gasteiger partial charge in [-0.1, -0.05) is 56.3 Å². The lowest BCUT2D eigenvalue weighted by Crippen LogP contribution is -2.37. The average Bonchev–Trinajstić information content (AvgIpc) is 2.73. The van der Waals surface area contributed by atoms with Gasteiger partial charge in [-0.3, -0.25) is 9.79 Å². The minimum absolute atomic E-state index is 0. The first kappa shape index (κ1) is 24.9. The van der Waals surface area contributed by atoms with Gasteiger partial charge in [0.1, 0.15) is 0 Å². The number of amides is 1. The molecule has 2 rings (SSSR count). The Bertz CT molecular complexity index is 764. The molecule has 5 nitrogen and oxygen atoms in total. The van der Waals surface area contributed by atoms with E-state index in [1.807, 2.05) is 44.2 Å². The van der Waals surface area contributed by atoms with Crippen molar-refractivity contribution in [1.82, 2.24) is 10.6 Å². The Hall–Kier alpha value is -2.09. The molecule has 1 unspecified atom stereocenters. The van der Waals surface area contributed by atoms with Crippen molar-refractivity contribution >= 4 is 41.5 Å². The summed E-state index contributed by atoms with van der Waals surface area (Å²) < 4.78 is 0. The van der Waals surface area contributed by atoms with E-state index in [2.05, 4.69) is 45.2 Å². The second-order valence-corrected chi connectivity index (χ2v) is 6.94. The Morgan fingerprint density at radius 1 is 1.03 bits per heavy atom. The fraction of sp³-hybridized carbons (Fsp3) is 0.391. The van der Waals surface area contributed by atoms with Crippen molar-refractivity contribution < 1.29 is 4.79 Å². The van der Waals surface area contributed by atoms with Crippen LogP contribution in [0.3, 0.4) is 0 Å². The third-order valence-corrected chi connectivity index (χ3v) is 4.72. The fourth-order valence-electron chi connectivity index (χ4n) is 2.76. The lowest BCUT2D eigenvalue weighted by molar-refractivity contribution is -0.119. The number of carbonyl (C=O) groups is 1. The molecule has 0 aliphatic carbocycles. The van der Waals surface area contributed by atoms with Crippen molar-refractivity contribution in [2.24, 2.45) is 10.9 Å². The molecular formula is C23H33IN4O. The molecule has 2 aromatic rings. The first-order valence-corrected chi connectivity index (χ1v) is 10.0. The van der Waals surface area contributed by atoms with Crippen LogP contribution in [-0.2, 0) is 17.8 Å². The summed E-state index contributed by atoms with van der Waals surface area (Å²) >= 11 is 0. The van der Waals surface area contributed by atoms with E-state index in [0.29, 0.717) is 6.54 Å². The van der Waals surface area contributed by atoms with Gasteiger partial charge in [-0.2, -0.15) is 0 Å². The summed E-state index contributed by atoms with van der Waals surface area (Å²) in [5.41, 5.74) is 3.27. The molecule has 1 amide bonds. The summed E-state index contributed by atoms with van der Waals surface area (Å²) in [4.78, 5) is 16.3. The van der Waals surface area contributed by atoms with E-state index < -0.39 is 0 Å². The van der Waals surface area contributed by atoms with Crippen LogP contribution in [0.15, 0.2) is 59.6 Å². The number of nitrogens with zero attached hydrogens (tertiary/aromatic N) is 1. The predicted octanol–water partition coefficient (Wildman–Crippen LogP) is 4.59. The molecule has 0 heterocycles. The Labute approximate surface area is 191 Å². The van der Waals surface area contributed by atoms with E-state index in [9.17, 15) is 4.79 Å². The number of rotatable bonds is 9. The summed E-state index contributed by atoms with van der Waals surface area (Å²) in [6.45, 7) is 5.46. The van der Waals surface area contributed by atoms with Crippen molar-refractivity contribution in [2.75, 3.05) is 18.9 Å². The molecule has 0 aromatic heterocycles. The zero-order chi connectivity index (χ0) is 20.2. The molecule has 0 bridgehead atoms. The third kappa shape index (κ3) is 9.30. The zero-order valence-electron chi connectivity index (χ0n) is 17.6. The number of aliphatic imine (C=N–C) groups is 1. The molecule has 2 aromatic carbocycles. The van der Waals surface area contributed by atoms with Crippen molar-refractivity contribution in [2.45, 2.75) is 39.7 Å². The third-order valence-electron chi connectivity index (χ3n) is 4.72. The summed E-state index contributed by atoms with van der Waals surface area (Å²) in [5.74, 6) is 0.853. The van der Waals surface area contributed by atoms with Gasteiger partial charge in [0, 0.05) is 31.7 Å². The first-order chi connectivity index (χ1) is 13.6. The lowest BCUT2D eigenvalue weighted by atomic mass is 10.1. The molecule has 0 spiro atoms. The van der Waals surface area contributed by atoms with E-state index in [4.69, 9.17) is 0 Å². The Morgan fingerprint density at radius 3 is 2.45 bits per heavy atom. The number of nitrogens with one attached hydrogen (secondary N) is 3. The summed E-state index contributed by atoms with van der Waals surface area (Å²) in [5, 5.41) is 9.65. The smallest absolute Gasteiger partial charge is 0.227 e. The second kappa shape index (κ2) is 14.0. The van der Waals surface area contributed by atoms with E-state index >= 15 is 0 Å². The van der Waals surface area contributed by atoms with Crippen LogP contribution in [0, 0.1) is 5.92 Å². The molecule has 3 N–H and O–H groups in total. The summed E-state index contributed by atoms with van der Waals surface area (Å²) in [6.07, 6.45) is 2.92. The fourth-order valence-corrected chi connectivity index (χ4v) is 2.76. The largest absolute Gasteiger partial charge is 0.356 e. The molecule has 0 fully saturated rings. The molecule has 0 aliphatic heterocycles. The maximum atomic E-state index is 12.1. The quantitative estimate of drug-likeness (QED) is 0.201. The molecule has 0 saturated heterocycles. The Kier molecular flexibility index (Phi) is 12.0. The highest BCUT2D eigenvalue weighted by molar-refractivity contribution is 14.0. The number of guanidine groups is 1. The second-order valence-electron chi connectivity index (χ2n) is 6.94. The molecule has 29 heavy (non-hydrogen) atoms. The summed E-state index contributed by atoms with van der Waals surface area (Å²) in [7, 11) is 1.77. The number of benzene rings is 2. The Morgan fingerprint density at radius 2 is 1.76 bits per heavy atom. The van der Waals surface area contributed by atoms with Gasteiger partial charge < -0.3 is 16.0 Å². The average molecular weight is 508 g/mol. The van der Waals surface area contributed by atoms with Crippen LogP contribution in [0.5, 0.6) is 0 Å². The van der Waals surface area contributed by atoms with Crippen molar-refractivity contribution in [3.8, 4) is 0 Å². The molecule has 1 atom stereocenters. The number of halogens is 1. The van der Waals surface area contributed by atoms with Crippen LogP contribution in [0.2, 0.25) is 0 Å². The highest BCUT2D eigenvalue weighted by atomic mass is 127. The molecule has 0 aliphatic rings. The van der Waals surface area contributed by atoms with E-state index in [1.165, 1.54) is 5.56 Å². The number of hydrogen-bond donors (Lipinski definition) is 3. The van der Waals surface area contributed by atoms with Gasteiger partial charge in [0.2, 0.25) is 5.91 Å². The molecule has 158 valence electrons. The van der Waals surface area contributed by atoms with Gasteiger partial charge in [-0.25, -0.2) is 0 Å². The number of aryl methyl sites for hydroxylation is 1. The Balaban J connectivity index is 0.00000420. The zero-order valence-corrected chi connectivity index (χ0v) is 19.9. The van der Waals surface area contributed by atoms with Gasteiger partial charge >= 0.3 is 0 Å². The summed E-state index contributed by atoms with van der Waals surface area (Å²) in [6, 6.07) is 18.4. The first-order valence-electron chi connectivity index (χ1n) is 10.0. The number of anilines is 1. The topological polar surface area (TPSA) is 65.5 Å². The normalized spacial score (nSPS) is 11.9. The number of carbonyl (C=O) groups excluding carboxylic acids is 1. The van der Waals surface area contributed by atoms with Crippen LogP contribution in [0.25, 0.3) is 0 Å². The van der Waals surface area contributed by atoms with Crippen molar-refractivity contribution in [3.05, 3.63) is 65.7 Å². The van der Waals surface area contributed by atoms with Crippen LogP contribution in [-0.4, -0.2) is 25.5 Å². The van der Waals surface area contributed by atoms with Crippen LogP contribution >= 0.6 is 24.0 Å². The predicted molar refractivity (Wildman–Crippen MR) is 133 cm³/mol. The highest BCUT2D eigenvalue weighted by Crippen LogP contribution is 2.13. The highest BCUT2D eigenvalue weighted by Gasteiger charge is 2.10. The molecular weight excluding hydrogens is 475 g/mol. The monoisotopic (exact) mass is 508 g/mol. The van der Waals surface area contributed by atoms with E-state index in [1.54, 1.807) is 7.05 Å².